The van der Waals surface area contributed by atoms with Crippen molar-refractivity contribution >= 4 is 18.0 Å². The third-order valence-electron chi connectivity index (χ3n) is 6.50. The van der Waals surface area contributed by atoms with E-state index in [1.807, 2.05) is 24.3 Å². The molecule has 3 atom stereocenters. The Morgan fingerprint density at radius 2 is 1.47 bits per heavy atom. The number of hydrogen-bond acceptors (Lipinski definition) is 6. The quantitative estimate of drug-likeness (QED) is 0.429. The van der Waals surface area contributed by atoms with Gasteiger partial charge in [0.15, 0.2) is 6.04 Å². The summed E-state index contributed by atoms with van der Waals surface area (Å²) in [6.07, 6.45) is -1.69. The number of halogens is 1. The zero-order valence-corrected chi connectivity index (χ0v) is 19.0. The predicted octanol–water partition coefficient (Wildman–Crippen LogP) is 4.05. The number of carbonyl (C=O) groups excluding carboxylic acids is 3. The first kappa shape index (κ1) is 23.7. The lowest BCUT2D eigenvalue weighted by atomic mass is 9.85. The molecule has 7 nitrogen and oxygen atoms in total. The molecule has 0 spiro atoms. The Hall–Kier alpha value is -3.42. The van der Waals surface area contributed by atoms with Gasteiger partial charge in [0.05, 0.1) is 12.0 Å². The molecule has 1 saturated heterocycles. The molecule has 4 rings (SSSR count). The lowest BCUT2D eigenvalue weighted by Crippen LogP contribution is -2.45. The molecule has 1 unspecified atom stereocenters. The Labute approximate surface area is 197 Å². The van der Waals surface area contributed by atoms with Crippen molar-refractivity contribution in [1.29, 1.82) is 0 Å². The predicted molar refractivity (Wildman–Crippen MR) is 120 cm³/mol. The molecule has 2 fully saturated rings. The van der Waals surface area contributed by atoms with E-state index in [2.05, 4.69) is 0 Å². The molecular weight excluding hydrogens is 441 g/mol. The van der Waals surface area contributed by atoms with Gasteiger partial charge in [-0.25, -0.2) is 14.0 Å². The summed E-state index contributed by atoms with van der Waals surface area (Å²) in [4.78, 5) is 39.6. The minimum atomic E-state index is -1.78. The van der Waals surface area contributed by atoms with Crippen molar-refractivity contribution in [3.8, 4) is 0 Å². The van der Waals surface area contributed by atoms with E-state index in [0.717, 1.165) is 16.0 Å². The van der Waals surface area contributed by atoms with Crippen LogP contribution in [0, 0.1) is 11.3 Å². The van der Waals surface area contributed by atoms with Gasteiger partial charge in [-0.15, -0.1) is 0 Å². The maximum absolute atomic E-state index is 15.8. The van der Waals surface area contributed by atoms with Crippen molar-refractivity contribution < 1.29 is 33.0 Å². The normalized spacial score (nSPS) is 22.6. The van der Waals surface area contributed by atoms with E-state index in [9.17, 15) is 14.4 Å². The number of rotatable bonds is 8. The molecule has 2 aliphatic rings. The Balaban J connectivity index is 1.51. The average molecular weight is 470 g/mol. The number of esters is 2. The summed E-state index contributed by atoms with van der Waals surface area (Å²) in [7, 11) is 0. The van der Waals surface area contributed by atoms with Crippen LogP contribution in [0.5, 0.6) is 0 Å². The van der Waals surface area contributed by atoms with Crippen LogP contribution in [0.4, 0.5) is 9.18 Å². The number of hydrogen-bond donors (Lipinski definition) is 0. The lowest BCUT2D eigenvalue weighted by Gasteiger charge is -2.23. The second-order valence-electron chi connectivity index (χ2n) is 8.66. The van der Waals surface area contributed by atoms with Gasteiger partial charge in [-0.05, 0) is 30.9 Å². The van der Waals surface area contributed by atoms with Crippen molar-refractivity contribution in [3.63, 3.8) is 0 Å². The van der Waals surface area contributed by atoms with Crippen LogP contribution in [0.15, 0.2) is 60.7 Å². The largest absolute Gasteiger partial charge is 0.466 e. The first-order valence-corrected chi connectivity index (χ1v) is 11.5. The van der Waals surface area contributed by atoms with E-state index in [0.29, 0.717) is 12.8 Å². The van der Waals surface area contributed by atoms with Gasteiger partial charge in [0.2, 0.25) is 0 Å². The van der Waals surface area contributed by atoms with E-state index >= 15 is 4.39 Å². The fourth-order valence-corrected chi connectivity index (χ4v) is 4.50. The second kappa shape index (κ2) is 10.2. The summed E-state index contributed by atoms with van der Waals surface area (Å²) in [5, 5.41) is 0. The van der Waals surface area contributed by atoms with Gasteiger partial charge in [0, 0.05) is 12.5 Å². The molecule has 0 radical (unpaired) electrons. The van der Waals surface area contributed by atoms with E-state index in [-0.39, 0.29) is 26.4 Å². The Morgan fingerprint density at radius 1 is 0.912 bits per heavy atom. The molecular formula is C26H28FNO6. The number of amides is 1. The lowest BCUT2D eigenvalue weighted by molar-refractivity contribution is -0.155. The SMILES string of the molecule is CCOC(=O)C1([C@@H]2CN(C(=O)OCc3ccccc3)C(C(=O)OCc3ccccc3)[C@H]2F)CC1. The number of alkyl halides is 1. The molecule has 2 aromatic rings. The monoisotopic (exact) mass is 469 g/mol. The van der Waals surface area contributed by atoms with Gasteiger partial charge in [-0.1, -0.05) is 60.7 Å². The van der Waals surface area contributed by atoms with Gasteiger partial charge in [-0.2, -0.15) is 0 Å². The topological polar surface area (TPSA) is 82.1 Å². The molecule has 1 heterocycles. The second-order valence-corrected chi connectivity index (χ2v) is 8.66. The fraction of sp³-hybridized carbons (Fsp3) is 0.423. The van der Waals surface area contributed by atoms with Gasteiger partial charge in [-0.3, -0.25) is 9.69 Å². The van der Waals surface area contributed by atoms with Crippen molar-refractivity contribution in [1.82, 2.24) is 4.90 Å². The standard InChI is InChI=1S/C26H28FNO6/c1-2-32-24(30)26(13-14-26)20-15-28(25(31)34-17-19-11-7-4-8-12-19)22(21(20)27)23(29)33-16-18-9-5-3-6-10-18/h3-12,20-22H,2,13-17H2,1H3/t20-,21+,22?/m1/s1. The highest BCUT2D eigenvalue weighted by molar-refractivity contribution is 5.85. The summed E-state index contributed by atoms with van der Waals surface area (Å²) in [5.74, 6) is -2.22. The Morgan fingerprint density at radius 3 is 2.00 bits per heavy atom. The highest BCUT2D eigenvalue weighted by atomic mass is 19.1. The fourth-order valence-electron chi connectivity index (χ4n) is 4.50. The Bertz CT molecular complexity index is 1010. The summed E-state index contributed by atoms with van der Waals surface area (Å²) in [5.41, 5.74) is 0.475. The van der Waals surface area contributed by atoms with Crippen LogP contribution in [-0.4, -0.2) is 48.3 Å². The van der Waals surface area contributed by atoms with Crippen LogP contribution in [0.2, 0.25) is 0 Å². The van der Waals surface area contributed by atoms with Gasteiger partial charge >= 0.3 is 18.0 Å². The van der Waals surface area contributed by atoms with Crippen LogP contribution in [0.3, 0.4) is 0 Å². The van der Waals surface area contributed by atoms with Crippen LogP contribution < -0.4 is 0 Å². The number of benzene rings is 2. The van der Waals surface area contributed by atoms with Crippen molar-refractivity contribution in [2.45, 2.75) is 45.2 Å². The molecule has 2 aromatic carbocycles. The maximum atomic E-state index is 15.8. The van der Waals surface area contributed by atoms with E-state index < -0.39 is 41.6 Å². The van der Waals surface area contributed by atoms with Crippen LogP contribution in [0.25, 0.3) is 0 Å². The number of nitrogens with zero attached hydrogens (tertiary/aromatic N) is 1. The van der Waals surface area contributed by atoms with Gasteiger partial charge in [0.25, 0.3) is 0 Å². The number of ether oxygens (including phenoxy) is 3. The highest BCUT2D eigenvalue weighted by Crippen LogP contribution is 2.57. The van der Waals surface area contributed by atoms with Crippen molar-refractivity contribution in [3.05, 3.63) is 71.8 Å². The molecule has 1 aliphatic heterocycles. The zero-order chi connectivity index (χ0) is 24.1. The molecule has 34 heavy (non-hydrogen) atoms. The van der Waals surface area contributed by atoms with E-state index in [4.69, 9.17) is 14.2 Å². The van der Waals surface area contributed by atoms with E-state index in [1.54, 1.807) is 43.3 Å². The van der Waals surface area contributed by atoms with Crippen molar-refractivity contribution in [2.24, 2.45) is 11.3 Å². The molecule has 8 heteroatoms. The molecule has 180 valence electrons. The van der Waals surface area contributed by atoms with Crippen molar-refractivity contribution in [2.75, 3.05) is 13.2 Å². The molecule has 1 saturated carbocycles. The molecule has 1 aliphatic carbocycles. The summed E-state index contributed by atoms with van der Waals surface area (Å²) in [6, 6.07) is 16.6. The highest BCUT2D eigenvalue weighted by Gasteiger charge is 2.65. The third-order valence-corrected chi connectivity index (χ3v) is 6.50. The molecule has 0 bridgehead atoms. The molecule has 0 aromatic heterocycles. The summed E-state index contributed by atoms with van der Waals surface area (Å²) < 4.78 is 31.7. The van der Waals surface area contributed by atoms with Gasteiger partial charge < -0.3 is 14.2 Å². The van der Waals surface area contributed by atoms with Gasteiger partial charge in [0.1, 0.15) is 19.4 Å². The number of carbonyl (C=O) groups is 3. The first-order valence-electron chi connectivity index (χ1n) is 11.5. The molecule has 1 amide bonds. The minimum absolute atomic E-state index is 0.0212. The zero-order valence-electron chi connectivity index (χ0n) is 19.0. The Kier molecular flexibility index (Phi) is 7.14. The smallest absolute Gasteiger partial charge is 0.410 e. The minimum Gasteiger partial charge on any atom is -0.466 e. The van der Waals surface area contributed by atoms with Crippen LogP contribution in [-0.2, 0) is 37.0 Å². The van der Waals surface area contributed by atoms with E-state index in [1.165, 1.54) is 0 Å². The first-order chi connectivity index (χ1) is 16.5. The number of likely N-dealkylation sites (tertiary alicyclic amines) is 1. The van der Waals surface area contributed by atoms with Crippen LogP contribution >= 0.6 is 0 Å². The maximum Gasteiger partial charge on any atom is 0.410 e. The average Bonchev–Trinajstić information content (AvgIpc) is 3.59. The summed E-state index contributed by atoms with van der Waals surface area (Å²) in [6.45, 7) is 1.66. The molecule has 0 N–H and O–H groups in total. The third kappa shape index (κ3) is 4.90. The summed E-state index contributed by atoms with van der Waals surface area (Å²) >= 11 is 0. The van der Waals surface area contributed by atoms with Crippen LogP contribution in [0.1, 0.15) is 30.9 Å².